The number of amides is 1. The van der Waals surface area contributed by atoms with Crippen LogP contribution in [-0.2, 0) is 6.54 Å². The summed E-state index contributed by atoms with van der Waals surface area (Å²) in [7, 11) is 1.70. The van der Waals surface area contributed by atoms with Gasteiger partial charge in [-0.3, -0.25) is 9.79 Å². The molecule has 8 heteroatoms. The smallest absolute Gasteiger partial charge is 0.252 e. The fourth-order valence-electron chi connectivity index (χ4n) is 2.88. The standard InChI is InChI=1S/C21H23ClN4O2.HI/c1-14-15-7-4-6-10-18(15)28-19(14)13-26-21(23-2)25-12-11-24-20(27)16-8-3-5-9-17(16)22;/h3-10H,11-13H2,1-2H3,(H,24,27)(H2,23,25,26);1H. The van der Waals surface area contributed by atoms with Crippen molar-refractivity contribution in [1.82, 2.24) is 16.0 Å². The molecule has 0 unspecified atom stereocenters. The van der Waals surface area contributed by atoms with Crippen LogP contribution in [0.25, 0.3) is 11.0 Å². The molecule has 29 heavy (non-hydrogen) atoms. The van der Waals surface area contributed by atoms with Crippen molar-refractivity contribution in [2.45, 2.75) is 13.5 Å². The summed E-state index contributed by atoms with van der Waals surface area (Å²) in [5.41, 5.74) is 2.46. The number of furan rings is 1. The number of carbonyl (C=O) groups excluding carboxylic acids is 1. The second-order valence-electron chi connectivity index (χ2n) is 6.23. The summed E-state index contributed by atoms with van der Waals surface area (Å²) < 4.78 is 5.90. The first kappa shape index (κ1) is 23.0. The van der Waals surface area contributed by atoms with Crippen molar-refractivity contribution < 1.29 is 9.21 Å². The van der Waals surface area contributed by atoms with E-state index in [2.05, 4.69) is 20.9 Å². The summed E-state index contributed by atoms with van der Waals surface area (Å²) in [6, 6.07) is 14.9. The molecule has 0 saturated carbocycles. The molecule has 3 rings (SSSR count). The topological polar surface area (TPSA) is 78.7 Å². The van der Waals surface area contributed by atoms with Crippen molar-refractivity contribution in [3.05, 3.63) is 70.4 Å². The van der Waals surface area contributed by atoms with Crippen LogP contribution >= 0.6 is 35.6 Å². The highest BCUT2D eigenvalue weighted by Crippen LogP contribution is 2.24. The lowest BCUT2D eigenvalue weighted by molar-refractivity contribution is 0.0954. The first-order valence-electron chi connectivity index (χ1n) is 9.04. The lowest BCUT2D eigenvalue weighted by Crippen LogP contribution is -2.41. The van der Waals surface area contributed by atoms with E-state index >= 15 is 0 Å². The largest absolute Gasteiger partial charge is 0.459 e. The molecular weight excluding hydrogens is 503 g/mol. The van der Waals surface area contributed by atoms with Gasteiger partial charge < -0.3 is 20.4 Å². The van der Waals surface area contributed by atoms with Crippen LogP contribution in [0.4, 0.5) is 0 Å². The minimum absolute atomic E-state index is 0. The molecule has 0 atom stereocenters. The third-order valence-corrected chi connectivity index (χ3v) is 4.73. The molecule has 0 aliphatic heterocycles. The molecule has 1 amide bonds. The number of fused-ring (bicyclic) bond motifs is 1. The third kappa shape index (κ3) is 5.86. The lowest BCUT2D eigenvalue weighted by Gasteiger charge is -2.12. The van der Waals surface area contributed by atoms with Gasteiger partial charge in [0.15, 0.2) is 5.96 Å². The molecule has 1 heterocycles. The summed E-state index contributed by atoms with van der Waals surface area (Å²) in [4.78, 5) is 16.3. The monoisotopic (exact) mass is 526 g/mol. The zero-order valence-corrected chi connectivity index (χ0v) is 19.4. The Bertz CT molecular complexity index is 1000. The molecule has 0 spiro atoms. The molecule has 0 radical (unpaired) electrons. The van der Waals surface area contributed by atoms with E-state index in [1.807, 2.05) is 31.2 Å². The molecule has 1 aromatic heterocycles. The average Bonchev–Trinajstić information content (AvgIpc) is 3.03. The number of guanidine groups is 1. The molecule has 0 fully saturated rings. The predicted molar refractivity (Wildman–Crippen MR) is 128 cm³/mol. The Morgan fingerprint density at radius 1 is 1.03 bits per heavy atom. The zero-order valence-electron chi connectivity index (χ0n) is 16.3. The van der Waals surface area contributed by atoms with Gasteiger partial charge in [-0.25, -0.2) is 0 Å². The maximum atomic E-state index is 12.1. The van der Waals surface area contributed by atoms with Crippen LogP contribution in [-0.4, -0.2) is 32.0 Å². The van der Waals surface area contributed by atoms with Gasteiger partial charge in [0.05, 0.1) is 17.1 Å². The van der Waals surface area contributed by atoms with E-state index in [0.717, 1.165) is 22.3 Å². The van der Waals surface area contributed by atoms with E-state index in [1.165, 1.54) is 0 Å². The maximum absolute atomic E-state index is 12.1. The Hall–Kier alpha value is -2.26. The van der Waals surface area contributed by atoms with Gasteiger partial charge in [0, 0.05) is 31.1 Å². The second kappa shape index (κ2) is 11.1. The molecule has 3 N–H and O–H groups in total. The number of aliphatic imine (C=N–C) groups is 1. The molecular formula is C21H24ClIN4O2. The van der Waals surface area contributed by atoms with Crippen LogP contribution in [0.2, 0.25) is 5.02 Å². The fraction of sp³-hybridized carbons (Fsp3) is 0.238. The number of hydrogen-bond donors (Lipinski definition) is 3. The summed E-state index contributed by atoms with van der Waals surface area (Å²) in [6.45, 7) is 3.53. The number of rotatable bonds is 6. The van der Waals surface area contributed by atoms with E-state index in [4.69, 9.17) is 16.0 Å². The Morgan fingerprint density at radius 2 is 1.72 bits per heavy atom. The number of hydrogen-bond acceptors (Lipinski definition) is 3. The highest BCUT2D eigenvalue weighted by atomic mass is 127. The summed E-state index contributed by atoms with van der Waals surface area (Å²) in [6.07, 6.45) is 0. The second-order valence-corrected chi connectivity index (χ2v) is 6.64. The number of para-hydroxylation sites is 1. The fourth-order valence-corrected chi connectivity index (χ4v) is 3.10. The van der Waals surface area contributed by atoms with Gasteiger partial charge in [-0.2, -0.15) is 0 Å². The molecule has 3 aromatic rings. The van der Waals surface area contributed by atoms with Crippen LogP contribution in [0.15, 0.2) is 57.9 Å². The first-order chi connectivity index (χ1) is 13.6. The maximum Gasteiger partial charge on any atom is 0.252 e. The Kier molecular flexibility index (Phi) is 8.78. The zero-order chi connectivity index (χ0) is 19.9. The summed E-state index contributed by atoms with van der Waals surface area (Å²) >= 11 is 6.03. The average molecular weight is 527 g/mol. The van der Waals surface area contributed by atoms with E-state index in [9.17, 15) is 4.79 Å². The molecule has 0 saturated heterocycles. The van der Waals surface area contributed by atoms with Crippen LogP contribution in [0.3, 0.4) is 0 Å². The van der Waals surface area contributed by atoms with Gasteiger partial charge in [0.25, 0.3) is 5.91 Å². The number of carbonyl (C=O) groups is 1. The van der Waals surface area contributed by atoms with E-state index < -0.39 is 0 Å². The number of aryl methyl sites for hydroxylation is 1. The van der Waals surface area contributed by atoms with Gasteiger partial charge >= 0.3 is 0 Å². The van der Waals surface area contributed by atoms with Crippen LogP contribution in [0.1, 0.15) is 21.7 Å². The highest BCUT2D eigenvalue weighted by Gasteiger charge is 2.11. The minimum atomic E-state index is -0.201. The van der Waals surface area contributed by atoms with E-state index in [1.54, 1.807) is 31.3 Å². The Balaban J connectivity index is 0.00000300. The first-order valence-corrected chi connectivity index (χ1v) is 9.42. The van der Waals surface area contributed by atoms with Crippen molar-refractivity contribution in [3.63, 3.8) is 0 Å². The van der Waals surface area contributed by atoms with Gasteiger partial charge in [0.1, 0.15) is 11.3 Å². The van der Waals surface area contributed by atoms with Crippen molar-refractivity contribution in [2.24, 2.45) is 4.99 Å². The summed E-state index contributed by atoms with van der Waals surface area (Å²) in [5.74, 6) is 1.30. The summed E-state index contributed by atoms with van der Waals surface area (Å²) in [5, 5.41) is 10.8. The van der Waals surface area contributed by atoms with Crippen LogP contribution < -0.4 is 16.0 Å². The van der Waals surface area contributed by atoms with E-state index in [0.29, 0.717) is 36.2 Å². The van der Waals surface area contributed by atoms with E-state index in [-0.39, 0.29) is 29.9 Å². The SMILES string of the molecule is CN=C(NCCNC(=O)c1ccccc1Cl)NCc1oc2ccccc2c1C.I. The van der Waals surface area contributed by atoms with Crippen LogP contribution in [0.5, 0.6) is 0 Å². The number of benzene rings is 2. The van der Waals surface area contributed by atoms with Crippen molar-refractivity contribution in [3.8, 4) is 0 Å². The molecule has 0 aliphatic rings. The number of nitrogens with zero attached hydrogens (tertiary/aromatic N) is 1. The molecule has 6 nitrogen and oxygen atoms in total. The Labute approximate surface area is 192 Å². The van der Waals surface area contributed by atoms with Gasteiger partial charge in [-0.05, 0) is 25.1 Å². The molecule has 0 bridgehead atoms. The molecule has 0 aliphatic carbocycles. The van der Waals surface area contributed by atoms with Crippen molar-refractivity contribution in [1.29, 1.82) is 0 Å². The lowest BCUT2D eigenvalue weighted by atomic mass is 10.1. The highest BCUT2D eigenvalue weighted by molar-refractivity contribution is 14.0. The number of halogens is 2. The third-order valence-electron chi connectivity index (χ3n) is 4.40. The van der Waals surface area contributed by atoms with Gasteiger partial charge in [-0.15, -0.1) is 24.0 Å². The van der Waals surface area contributed by atoms with Crippen LogP contribution in [0, 0.1) is 6.92 Å². The van der Waals surface area contributed by atoms with Gasteiger partial charge in [0.2, 0.25) is 0 Å². The minimum Gasteiger partial charge on any atom is -0.459 e. The van der Waals surface area contributed by atoms with Crippen molar-refractivity contribution >= 4 is 58.4 Å². The Morgan fingerprint density at radius 3 is 2.45 bits per heavy atom. The predicted octanol–water partition coefficient (Wildman–Crippen LogP) is 4.11. The number of nitrogens with one attached hydrogen (secondary N) is 3. The van der Waals surface area contributed by atoms with Gasteiger partial charge in [-0.1, -0.05) is 41.9 Å². The quantitative estimate of drug-likeness (QED) is 0.196. The molecule has 154 valence electrons. The molecule has 2 aromatic carbocycles. The van der Waals surface area contributed by atoms with Crippen molar-refractivity contribution in [2.75, 3.05) is 20.1 Å². The normalized spacial score (nSPS) is 11.1.